The minimum absolute atomic E-state index is 0.959. The predicted octanol–water partition coefficient (Wildman–Crippen LogP) is 3.64. The summed E-state index contributed by atoms with van der Waals surface area (Å²) in [5.74, 6) is 0. The Kier molecular flexibility index (Phi) is 5.08. The van der Waals surface area contributed by atoms with E-state index in [2.05, 4.69) is 34.6 Å². The molecule has 0 fully saturated rings. The number of nitrogens with zero attached hydrogens (tertiary/aromatic N) is 1. The zero-order chi connectivity index (χ0) is 13.3. The molecule has 0 radical (unpaired) electrons. The van der Waals surface area contributed by atoms with Gasteiger partial charge >= 0.3 is 0 Å². The summed E-state index contributed by atoms with van der Waals surface area (Å²) in [5.41, 5.74) is 2.39. The zero-order valence-electron chi connectivity index (χ0n) is 11.1. The molecule has 0 atom stereocenters. The topological polar surface area (TPSA) is 24.9 Å². The van der Waals surface area contributed by atoms with Gasteiger partial charge in [0.15, 0.2) is 0 Å². The number of para-hydroxylation sites is 1. The van der Waals surface area contributed by atoms with Crippen molar-refractivity contribution >= 4 is 10.9 Å². The first-order chi connectivity index (χ1) is 9.40. The van der Waals surface area contributed by atoms with Crippen LogP contribution in [0.5, 0.6) is 0 Å². The summed E-state index contributed by atoms with van der Waals surface area (Å²) in [7, 11) is 1.95. The quantitative estimate of drug-likeness (QED) is 0.751. The highest BCUT2D eigenvalue weighted by Gasteiger charge is 1.86. The number of pyridine rings is 1. The monoisotopic (exact) mass is 250 g/mol. The lowest BCUT2D eigenvalue weighted by Crippen LogP contribution is -2.04. The summed E-state index contributed by atoms with van der Waals surface area (Å²) >= 11 is 0. The number of benzene rings is 2. The molecule has 19 heavy (non-hydrogen) atoms. The molecule has 0 saturated heterocycles. The van der Waals surface area contributed by atoms with E-state index in [1.165, 1.54) is 10.9 Å². The van der Waals surface area contributed by atoms with Crippen LogP contribution in [0.2, 0.25) is 0 Å². The lowest BCUT2D eigenvalue weighted by atomic mass is 10.2. The molecule has 0 aliphatic rings. The van der Waals surface area contributed by atoms with Crippen molar-refractivity contribution in [3.63, 3.8) is 0 Å². The molecule has 3 rings (SSSR count). The van der Waals surface area contributed by atoms with E-state index >= 15 is 0 Å². The van der Waals surface area contributed by atoms with Gasteiger partial charge in [0.1, 0.15) is 0 Å². The highest BCUT2D eigenvalue weighted by molar-refractivity contribution is 5.77. The fourth-order valence-corrected chi connectivity index (χ4v) is 1.82. The van der Waals surface area contributed by atoms with E-state index in [9.17, 15) is 0 Å². The van der Waals surface area contributed by atoms with Crippen LogP contribution in [0.15, 0.2) is 72.9 Å². The highest BCUT2D eigenvalue weighted by Crippen LogP contribution is 2.07. The van der Waals surface area contributed by atoms with Crippen LogP contribution in [0.1, 0.15) is 5.56 Å². The van der Waals surface area contributed by atoms with Gasteiger partial charge < -0.3 is 5.32 Å². The van der Waals surface area contributed by atoms with Crippen LogP contribution < -0.4 is 5.32 Å². The van der Waals surface area contributed by atoms with Gasteiger partial charge in [0.05, 0.1) is 5.52 Å². The average molecular weight is 250 g/mol. The Bertz CT molecular complexity index is 540. The van der Waals surface area contributed by atoms with Crippen molar-refractivity contribution < 1.29 is 0 Å². The molecule has 0 aliphatic heterocycles. The first-order valence-corrected chi connectivity index (χ1v) is 6.38. The molecule has 96 valence electrons. The third-order valence-corrected chi connectivity index (χ3v) is 2.74. The number of nitrogens with one attached hydrogen (secondary N) is 1. The largest absolute Gasteiger partial charge is 0.316 e. The summed E-state index contributed by atoms with van der Waals surface area (Å²) in [6.45, 7) is 0.959. The van der Waals surface area contributed by atoms with Crippen LogP contribution in [-0.4, -0.2) is 12.0 Å². The smallest absolute Gasteiger partial charge is 0.0701 e. The van der Waals surface area contributed by atoms with Gasteiger partial charge in [-0.25, -0.2) is 0 Å². The lowest BCUT2D eigenvalue weighted by molar-refractivity contribution is 0.818. The Morgan fingerprint density at radius 2 is 1.53 bits per heavy atom. The minimum atomic E-state index is 0.959. The lowest BCUT2D eigenvalue weighted by Gasteiger charge is -1.95. The van der Waals surface area contributed by atoms with Crippen molar-refractivity contribution in [3.8, 4) is 0 Å². The maximum atomic E-state index is 4.18. The Morgan fingerprint density at radius 3 is 2.26 bits per heavy atom. The minimum Gasteiger partial charge on any atom is -0.316 e. The Morgan fingerprint density at radius 1 is 0.842 bits per heavy atom. The van der Waals surface area contributed by atoms with Crippen LogP contribution in [0, 0.1) is 0 Å². The van der Waals surface area contributed by atoms with Crippen LogP contribution >= 0.6 is 0 Å². The standard InChI is InChI=1S/C9H7N.C8H11N/c1-2-6-9-8(4-1)5-3-7-10-9;1-9-7-8-5-3-2-4-6-8/h1-7H;2-6,9H,7H2,1H3. The SMILES string of the molecule is CNCc1ccccc1.c1ccc2ncccc2c1. The molecule has 2 nitrogen and oxygen atoms in total. The zero-order valence-corrected chi connectivity index (χ0v) is 11.1. The fourth-order valence-electron chi connectivity index (χ4n) is 1.82. The maximum absolute atomic E-state index is 4.18. The number of rotatable bonds is 2. The number of fused-ring (bicyclic) bond motifs is 1. The van der Waals surface area contributed by atoms with Gasteiger partial charge in [0.25, 0.3) is 0 Å². The molecular weight excluding hydrogens is 232 g/mol. The molecule has 1 aromatic heterocycles. The molecule has 1 N–H and O–H groups in total. The van der Waals surface area contributed by atoms with Crippen molar-refractivity contribution in [2.24, 2.45) is 0 Å². The molecule has 2 aromatic carbocycles. The van der Waals surface area contributed by atoms with E-state index in [1.54, 1.807) is 0 Å². The summed E-state index contributed by atoms with van der Waals surface area (Å²) < 4.78 is 0. The van der Waals surface area contributed by atoms with E-state index in [0.717, 1.165) is 12.1 Å². The first kappa shape index (κ1) is 13.2. The second-order valence-corrected chi connectivity index (χ2v) is 4.21. The van der Waals surface area contributed by atoms with Crippen LogP contribution in [0.3, 0.4) is 0 Å². The van der Waals surface area contributed by atoms with Gasteiger partial charge in [0.2, 0.25) is 0 Å². The van der Waals surface area contributed by atoms with E-state index in [-0.39, 0.29) is 0 Å². The van der Waals surface area contributed by atoms with Crippen LogP contribution in [0.4, 0.5) is 0 Å². The molecule has 0 unspecified atom stereocenters. The molecule has 0 saturated carbocycles. The molecule has 0 spiro atoms. The molecule has 1 heterocycles. The summed E-state index contributed by atoms with van der Waals surface area (Å²) in [6.07, 6.45) is 1.81. The van der Waals surface area contributed by atoms with Crippen LogP contribution in [-0.2, 0) is 6.54 Å². The van der Waals surface area contributed by atoms with Crippen LogP contribution in [0.25, 0.3) is 10.9 Å². The van der Waals surface area contributed by atoms with Gasteiger partial charge in [-0.15, -0.1) is 0 Å². The predicted molar refractivity (Wildman–Crippen MR) is 80.9 cm³/mol. The van der Waals surface area contributed by atoms with Gasteiger partial charge in [-0.3, -0.25) is 4.98 Å². The third kappa shape index (κ3) is 4.19. The maximum Gasteiger partial charge on any atom is 0.0701 e. The summed E-state index contributed by atoms with van der Waals surface area (Å²) in [4.78, 5) is 4.18. The second-order valence-electron chi connectivity index (χ2n) is 4.21. The number of hydrogen-bond donors (Lipinski definition) is 1. The second kappa shape index (κ2) is 7.29. The fraction of sp³-hybridized carbons (Fsp3) is 0.118. The van der Waals surface area contributed by atoms with E-state index < -0.39 is 0 Å². The van der Waals surface area contributed by atoms with Crippen molar-refractivity contribution in [1.82, 2.24) is 10.3 Å². The van der Waals surface area contributed by atoms with E-state index in [0.29, 0.717) is 0 Å². The third-order valence-electron chi connectivity index (χ3n) is 2.74. The van der Waals surface area contributed by atoms with Crippen molar-refractivity contribution in [2.45, 2.75) is 6.54 Å². The van der Waals surface area contributed by atoms with Gasteiger partial charge in [-0.05, 0) is 24.7 Å². The molecule has 3 aromatic rings. The van der Waals surface area contributed by atoms with E-state index in [1.807, 2.05) is 55.7 Å². The molecule has 0 aliphatic carbocycles. The van der Waals surface area contributed by atoms with Gasteiger partial charge in [-0.1, -0.05) is 54.6 Å². The number of aromatic nitrogens is 1. The summed E-state index contributed by atoms with van der Waals surface area (Å²) in [6, 6.07) is 22.4. The Balaban J connectivity index is 0.000000141. The highest BCUT2D eigenvalue weighted by atomic mass is 14.8. The Labute approximate surface area is 114 Å². The Hall–Kier alpha value is -2.19. The summed E-state index contributed by atoms with van der Waals surface area (Å²) in [5, 5.41) is 4.28. The van der Waals surface area contributed by atoms with Gasteiger partial charge in [-0.2, -0.15) is 0 Å². The van der Waals surface area contributed by atoms with Gasteiger partial charge in [0, 0.05) is 18.1 Å². The van der Waals surface area contributed by atoms with Crippen molar-refractivity contribution in [3.05, 3.63) is 78.5 Å². The molecule has 0 amide bonds. The molecule has 2 heteroatoms. The van der Waals surface area contributed by atoms with E-state index in [4.69, 9.17) is 0 Å². The first-order valence-electron chi connectivity index (χ1n) is 6.38. The molecular formula is C17H18N2. The van der Waals surface area contributed by atoms with Crippen molar-refractivity contribution in [2.75, 3.05) is 7.05 Å². The number of hydrogen-bond acceptors (Lipinski definition) is 2. The molecule has 0 bridgehead atoms. The normalized spacial score (nSPS) is 9.74. The average Bonchev–Trinajstić information content (AvgIpc) is 2.50. The van der Waals surface area contributed by atoms with Crippen molar-refractivity contribution in [1.29, 1.82) is 0 Å².